The number of amides is 1. The van der Waals surface area contributed by atoms with Gasteiger partial charge < -0.3 is 9.88 Å². The molecule has 2 fully saturated rings. The second kappa shape index (κ2) is 6.79. The molecule has 5 rings (SSSR count). The van der Waals surface area contributed by atoms with E-state index >= 15 is 0 Å². The highest BCUT2D eigenvalue weighted by molar-refractivity contribution is 5.83. The first-order valence-corrected chi connectivity index (χ1v) is 10.4. The third-order valence-corrected chi connectivity index (χ3v) is 6.37. The van der Waals surface area contributed by atoms with Gasteiger partial charge in [-0.25, -0.2) is 0 Å². The number of hydrogen-bond donors (Lipinski definition) is 1. The minimum atomic E-state index is 0.142. The monoisotopic (exact) mass is 365 g/mol. The Bertz CT molecular complexity index is 936. The third-order valence-electron chi connectivity index (χ3n) is 6.37. The maximum absolute atomic E-state index is 13.0. The zero-order valence-electron chi connectivity index (χ0n) is 15.7. The molecule has 0 bridgehead atoms. The van der Waals surface area contributed by atoms with Gasteiger partial charge in [-0.3, -0.25) is 14.5 Å². The molecule has 27 heavy (non-hydrogen) atoms. The molecule has 1 N–H and O–H groups in total. The highest BCUT2D eigenvalue weighted by Crippen LogP contribution is 2.26. The molecule has 0 spiro atoms. The summed E-state index contributed by atoms with van der Waals surface area (Å²) in [4.78, 5) is 27.6. The van der Waals surface area contributed by atoms with Crippen LogP contribution < -0.4 is 10.9 Å². The van der Waals surface area contributed by atoms with Crippen LogP contribution >= 0.6 is 0 Å². The number of likely N-dealkylation sites (tertiary alicyclic amines) is 1. The summed E-state index contributed by atoms with van der Waals surface area (Å²) < 4.78 is 1.99. The summed E-state index contributed by atoms with van der Waals surface area (Å²) in [5, 5.41) is 4.31. The van der Waals surface area contributed by atoms with Crippen LogP contribution in [0.25, 0.3) is 10.9 Å². The number of para-hydroxylation sites is 1. The second-order valence-corrected chi connectivity index (χ2v) is 8.42. The standard InChI is InChI=1S/C22H27N3O2/c26-21(23-19-6-7-19)16-8-11-24(12-9-16)14-18-13-17-4-1-3-15-5-2-10-25(20(15)17)22(18)27/h1,3-4,13,16,19H,2,5-12,14H2,(H,23,26). The van der Waals surface area contributed by atoms with Crippen molar-refractivity contribution in [1.82, 2.24) is 14.8 Å². The summed E-state index contributed by atoms with van der Waals surface area (Å²) in [6, 6.07) is 8.91. The lowest BCUT2D eigenvalue weighted by molar-refractivity contribution is -0.126. The fraction of sp³-hybridized carbons (Fsp3) is 0.545. The minimum absolute atomic E-state index is 0.142. The van der Waals surface area contributed by atoms with Gasteiger partial charge in [0.1, 0.15) is 0 Å². The molecule has 1 aromatic carbocycles. The van der Waals surface area contributed by atoms with E-state index in [9.17, 15) is 9.59 Å². The van der Waals surface area contributed by atoms with Crippen LogP contribution in [0.5, 0.6) is 0 Å². The van der Waals surface area contributed by atoms with E-state index in [-0.39, 0.29) is 17.4 Å². The van der Waals surface area contributed by atoms with Crippen molar-refractivity contribution in [3.8, 4) is 0 Å². The lowest BCUT2D eigenvalue weighted by atomic mass is 9.95. The number of aryl methyl sites for hydroxylation is 2. The van der Waals surface area contributed by atoms with Crippen molar-refractivity contribution in [2.45, 2.75) is 57.7 Å². The summed E-state index contributed by atoms with van der Waals surface area (Å²) in [5.41, 5.74) is 3.49. The molecule has 1 amide bonds. The summed E-state index contributed by atoms with van der Waals surface area (Å²) in [6.45, 7) is 3.29. The topological polar surface area (TPSA) is 54.3 Å². The highest BCUT2D eigenvalue weighted by atomic mass is 16.2. The van der Waals surface area contributed by atoms with Crippen LogP contribution in [0.1, 0.15) is 43.2 Å². The van der Waals surface area contributed by atoms with Crippen LogP contribution in [-0.4, -0.2) is 34.5 Å². The predicted molar refractivity (Wildman–Crippen MR) is 106 cm³/mol. The summed E-state index contributed by atoms with van der Waals surface area (Å²) in [5.74, 6) is 0.378. The van der Waals surface area contributed by atoms with Gasteiger partial charge in [-0.1, -0.05) is 18.2 Å². The second-order valence-electron chi connectivity index (χ2n) is 8.42. The molecule has 0 unspecified atom stereocenters. The summed E-state index contributed by atoms with van der Waals surface area (Å²) in [6.07, 6.45) is 6.17. The smallest absolute Gasteiger partial charge is 0.255 e. The Morgan fingerprint density at radius 3 is 2.70 bits per heavy atom. The van der Waals surface area contributed by atoms with Gasteiger partial charge in [0.05, 0.1) is 5.52 Å². The van der Waals surface area contributed by atoms with E-state index in [0.29, 0.717) is 12.6 Å². The fourth-order valence-electron chi connectivity index (χ4n) is 4.68. The van der Waals surface area contributed by atoms with Crippen LogP contribution in [-0.2, 0) is 24.3 Å². The molecule has 1 saturated heterocycles. The molecule has 1 saturated carbocycles. The van der Waals surface area contributed by atoms with Crippen molar-refractivity contribution >= 4 is 16.8 Å². The Morgan fingerprint density at radius 1 is 1.11 bits per heavy atom. The molecule has 2 aliphatic heterocycles. The zero-order chi connectivity index (χ0) is 18.4. The first-order valence-electron chi connectivity index (χ1n) is 10.4. The van der Waals surface area contributed by atoms with Gasteiger partial charge in [0.2, 0.25) is 5.91 Å². The number of nitrogens with one attached hydrogen (secondary N) is 1. The van der Waals surface area contributed by atoms with Crippen molar-refractivity contribution in [2.24, 2.45) is 5.92 Å². The molecule has 5 nitrogen and oxygen atoms in total. The van der Waals surface area contributed by atoms with Gasteiger partial charge in [0.15, 0.2) is 0 Å². The Morgan fingerprint density at radius 2 is 1.93 bits per heavy atom. The lowest BCUT2D eigenvalue weighted by Gasteiger charge is -2.31. The molecule has 3 heterocycles. The Hall–Kier alpha value is -2.14. The van der Waals surface area contributed by atoms with E-state index in [0.717, 1.165) is 69.2 Å². The van der Waals surface area contributed by atoms with Gasteiger partial charge in [-0.15, -0.1) is 0 Å². The van der Waals surface area contributed by atoms with E-state index in [4.69, 9.17) is 0 Å². The number of carbonyl (C=O) groups excluding carboxylic acids is 1. The van der Waals surface area contributed by atoms with Gasteiger partial charge in [-0.2, -0.15) is 0 Å². The highest BCUT2D eigenvalue weighted by Gasteiger charge is 2.30. The van der Waals surface area contributed by atoms with E-state index in [1.54, 1.807) is 0 Å². The molecule has 5 heteroatoms. The number of pyridine rings is 1. The lowest BCUT2D eigenvalue weighted by Crippen LogP contribution is -2.41. The Balaban J connectivity index is 1.32. The number of nitrogens with zero attached hydrogens (tertiary/aromatic N) is 2. The zero-order valence-corrected chi connectivity index (χ0v) is 15.7. The molecular weight excluding hydrogens is 338 g/mol. The molecule has 3 aliphatic rings. The molecular formula is C22H27N3O2. The predicted octanol–water partition coefficient (Wildman–Crippen LogP) is 2.44. The van der Waals surface area contributed by atoms with Crippen LogP contribution in [0, 0.1) is 5.92 Å². The summed E-state index contributed by atoms with van der Waals surface area (Å²) >= 11 is 0. The van der Waals surface area contributed by atoms with Crippen LogP contribution in [0.2, 0.25) is 0 Å². The van der Waals surface area contributed by atoms with Gasteiger partial charge in [0, 0.05) is 30.6 Å². The van der Waals surface area contributed by atoms with Crippen molar-refractivity contribution in [3.63, 3.8) is 0 Å². The maximum Gasteiger partial charge on any atom is 0.255 e. The van der Waals surface area contributed by atoms with Gasteiger partial charge in [-0.05, 0) is 68.6 Å². The number of carbonyl (C=O) groups is 1. The normalized spacial score (nSPS) is 20.7. The van der Waals surface area contributed by atoms with Crippen molar-refractivity contribution in [3.05, 3.63) is 45.7 Å². The molecule has 2 aromatic rings. The van der Waals surface area contributed by atoms with Gasteiger partial charge in [0.25, 0.3) is 5.56 Å². The van der Waals surface area contributed by atoms with E-state index in [1.807, 2.05) is 4.57 Å². The van der Waals surface area contributed by atoms with Crippen molar-refractivity contribution in [2.75, 3.05) is 13.1 Å². The van der Waals surface area contributed by atoms with Crippen LogP contribution in [0.15, 0.2) is 29.1 Å². The molecule has 1 aromatic heterocycles. The number of aromatic nitrogens is 1. The molecule has 0 radical (unpaired) electrons. The Kier molecular flexibility index (Phi) is 4.27. The fourth-order valence-corrected chi connectivity index (χ4v) is 4.68. The Labute approximate surface area is 159 Å². The quantitative estimate of drug-likeness (QED) is 0.905. The number of piperidine rings is 1. The van der Waals surface area contributed by atoms with E-state index in [2.05, 4.69) is 34.5 Å². The number of benzene rings is 1. The van der Waals surface area contributed by atoms with Crippen LogP contribution in [0.4, 0.5) is 0 Å². The molecule has 142 valence electrons. The third kappa shape index (κ3) is 3.29. The largest absolute Gasteiger partial charge is 0.353 e. The van der Waals surface area contributed by atoms with Gasteiger partial charge >= 0.3 is 0 Å². The molecule has 0 atom stereocenters. The minimum Gasteiger partial charge on any atom is -0.353 e. The number of hydrogen-bond acceptors (Lipinski definition) is 3. The first-order chi connectivity index (χ1) is 13.2. The summed E-state index contributed by atoms with van der Waals surface area (Å²) in [7, 11) is 0. The van der Waals surface area contributed by atoms with Crippen LogP contribution in [0.3, 0.4) is 0 Å². The first kappa shape index (κ1) is 17.0. The average Bonchev–Trinajstić information content (AvgIpc) is 3.50. The van der Waals surface area contributed by atoms with E-state index < -0.39 is 0 Å². The maximum atomic E-state index is 13.0. The SMILES string of the molecule is O=C(NC1CC1)C1CCN(Cc2cc3cccc4c3n(c2=O)CCC4)CC1. The van der Waals surface area contributed by atoms with Crippen molar-refractivity contribution in [1.29, 1.82) is 0 Å². The van der Waals surface area contributed by atoms with Crippen molar-refractivity contribution < 1.29 is 4.79 Å². The van der Waals surface area contributed by atoms with E-state index in [1.165, 1.54) is 10.9 Å². The number of rotatable bonds is 4. The average molecular weight is 365 g/mol. The molecule has 1 aliphatic carbocycles.